The number of aromatic nitrogens is 3. The highest BCUT2D eigenvalue weighted by Crippen LogP contribution is 2.25. The third-order valence-electron chi connectivity index (χ3n) is 4.16. The van der Waals surface area contributed by atoms with Crippen LogP contribution in [-0.2, 0) is 0 Å². The molecule has 4 rings (SSSR count). The standard InChI is InChI=1S/C22H18N4O3/c1-2-28-19-8-6-16(7-9-19)22-25-20(26-29-22)17-4-3-5-18(14-17)24-21(27)15-10-12-23-13-11-15/h3-14H,2H2,1H3,(H,24,27). The maximum Gasteiger partial charge on any atom is 0.258 e. The number of amides is 1. The van der Waals surface area contributed by atoms with Crippen LogP contribution in [0.15, 0.2) is 77.6 Å². The van der Waals surface area contributed by atoms with Crippen LogP contribution in [0.4, 0.5) is 5.69 Å². The number of carbonyl (C=O) groups is 1. The van der Waals surface area contributed by atoms with E-state index in [1.165, 1.54) is 0 Å². The molecule has 0 atom stereocenters. The highest BCUT2D eigenvalue weighted by Gasteiger charge is 2.12. The summed E-state index contributed by atoms with van der Waals surface area (Å²) < 4.78 is 10.8. The van der Waals surface area contributed by atoms with E-state index in [1.807, 2.05) is 43.3 Å². The van der Waals surface area contributed by atoms with Crippen molar-refractivity contribution in [2.24, 2.45) is 0 Å². The summed E-state index contributed by atoms with van der Waals surface area (Å²) in [6, 6.07) is 18.0. The first-order chi connectivity index (χ1) is 14.2. The smallest absolute Gasteiger partial charge is 0.258 e. The largest absolute Gasteiger partial charge is 0.494 e. The Morgan fingerprint density at radius 1 is 1.03 bits per heavy atom. The zero-order valence-electron chi connectivity index (χ0n) is 15.7. The first-order valence-corrected chi connectivity index (χ1v) is 9.11. The molecular formula is C22H18N4O3. The monoisotopic (exact) mass is 386 g/mol. The summed E-state index contributed by atoms with van der Waals surface area (Å²) in [5.41, 5.74) is 2.70. The molecule has 0 bridgehead atoms. The number of pyridine rings is 1. The second kappa shape index (κ2) is 8.35. The Balaban J connectivity index is 1.52. The van der Waals surface area contributed by atoms with Gasteiger partial charge in [0.2, 0.25) is 5.82 Å². The van der Waals surface area contributed by atoms with E-state index < -0.39 is 0 Å². The molecule has 0 saturated heterocycles. The van der Waals surface area contributed by atoms with Gasteiger partial charge in [-0.05, 0) is 55.5 Å². The molecule has 144 valence electrons. The maximum atomic E-state index is 12.3. The van der Waals surface area contributed by atoms with Crippen LogP contribution in [-0.4, -0.2) is 27.6 Å². The molecule has 7 nitrogen and oxygen atoms in total. The van der Waals surface area contributed by atoms with Gasteiger partial charge >= 0.3 is 0 Å². The van der Waals surface area contributed by atoms with E-state index in [0.717, 1.165) is 16.9 Å². The van der Waals surface area contributed by atoms with Crippen LogP contribution in [0.3, 0.4) is 0 Å². The summed E-state index contributed by atoms with van der Waals surface area (Å²) in [4.78, 5) is 20.7. The van der Waals surface area contributed by atoms with E-state index >= 15 is 0 Å². The molecule has 0 aliphatic heterocycles. The van der Waals surface area contributed by atoms with Crippen LogP contribution in [0, 0.1) is 0 Å². The van der Waals surface area contributed by atoms with Crippen LogP contribution in [0.25, 0.3) is 22.8 Å². The van der Waals surface area contributed by atoms with Gasteiger partial charge in [-0.25, -0.2) is 0 Å². The van der Waals surface area contributed by atoms with E-state index in [1.54, 1.807) is 36.7 Å². The summed E-state index contributed by atoms with van der Waals surface area (Å²) in [5, 5.41) is 6.92. The average Bonchev–Trinajstić information content (AvgIpc) is 3.26. The number of benzene rings is 2. The Labute approximate surface area is 167 Å². The van der Waals surface area contributed by atoms with Gasteiger partial charge in [-0.2, -0.15) is 4.98 Å². The van der Waals surface area contributed by atoms with Gasteiger partial charge in [0.1, 0.15) is 5.75 Å². The summed E-state index contributed by atoms with van der Waals surface area (Å²) in [7, 11) is 0. The van der Waals surface area contributed by atoms with Crippen LogP contribution in [0.2, 0.25) is 0 Å². The van der Waals surface area contributed by atoms with Crippen molar-refractivity contribution in [2.45, 2.75) is 6.92 Å². The zero-order chi connectivity index (χ0) is 20.1. The second-order valence-electron chi connectivity index (χ2n) is 6.15. The minimum absolute atomic E-state index is 0.215. The number of carbonyl (C=O) groups excluding carboxylic acids is 1. The molecule has 0 saturated carbocycles. The molecule has 4 aromatic rings. The van der Waals surface area contributed by atoms with Gasteiger partial charge < -0.3 is 14.6 Å². The zero-order valence-corrected chi connectivity index (χ0v) is 15.7. The fraction of sp³-hybridized carbons (Fsp3) is 0.0909. The highest BCUT2D eigenvalue weighted by atomic mass is 16.5. The number of anilines is 1. The molecule has 29 heavy (non-hydrogen) atoms. The summed E-state index contributed by atoms with van der Waals surface area (Å²) in [6.45, 7) is 2.55. The molecule has 2 aromatic carbocycles. The van der Waals surface area contributed by atoms with Crippen molar-refractivity contribution in [1.82, 2.24) is 15.1 Å². The van der Waals surface area contributed by atoms with Crippen molar-refractivity contribution in [3.8, 4) is 28.6 Å². The second-order valence-corrected chi connectivity index (χ2v) is 6.15. The first kappa shape index (κ1) is 18.4. The van der Waals surface area contributed by atoms with Gasteiger partial charge in [0.05, 0.1) is 6.61 Å². The van der Waals surface area contributed by atoms with Crippen molar-refractivity contribution < 1.29 is 14.1 Å². The Morgan fingerprint density at radius 2 is 1.83 bits per heavy atom. The van der Waals surface area contributed by atoms with E-state index in [0.29, 0.717) is 29.6 Å². The minimum Gasteiger partial charge on any atom is -0.494 e. The lowest BCUT2D eigenvalue weighted by Gasteiger charge is -2.06. The molecule has 0 aliphatic carbocycles. The topological polar surface area (TPSA) is 90.1 Å². The van der Waals surface area contributed by atoms with Crippen LogP contribution in [0.1, 0.15) is 17.3 Å². The Hall–Kier alpha value is -4.00. The lowest BCUT2D eigenvalue weighted by Crippen LogP contribution is -2.11. The van der Waals surface area contributed by atoms with Crippen molar-refractivity contribution in [3.05, 3.63) is 78.6 Å². The number of ether oxygens (including phenoxy) is 1. The van der Waals surface area contributed by atoms with Crippen molar-refractivity contribution in [3.63, 3.8) is 0 Å². The predicted octanol–water partition coefficient (Wildman–Crippen LogP) is 4.45. The molecule has 2 aromatic heterocycles. The van der Waals surface area contributed by atoms with E-state index in [9.17, 15) is 4.79 Å². The average molecular weight is 386 g/mol. The molecule has 2 heterocycles. The van der Waals surface area contributed by atoms with Crippen LogP contribution in [0.5, 0.6) is 5.75 Å². The number of hydrogen-bond acceptors (Lipinski definition) is 6. The molecule has 0 fully saturated rings. The Bertz CT molecular complexity index is 1110. The van der Waals surface area contributed by atoms with E-state index in [4.69, 9.17) is 9.26 Å². The third-order valence-corrected chi connectivity index (χ3v) is 4.16. The molecule has 7 heteroatoms. The van der Waals surface area contributed by atoms with Gasteiger partial charge in [-0.3, -0.25) is 9.78 Å². The molecular weight excluding hydrogens is 368 g/mol. The van der Waals surface area contributed by atoms with Crippen molar-refractivity contribution in [1.29, 1.82) is 0 Å². The van der Waals surface area contributed by atoms with Gasteiger partial charge in [-0.1, -0.05) is 17.3 Å². The summed E-state index contributed by atoms with van der Waals surface area (Å²) in [6.07, 6.45) is 3.15. The third kappa shape index (κ3) is 4.30. The summed E-state index contributed by atoms with van der Waals surface area (Å²) in [5.74, 6) is 1.42. The molecule has 0 aliphatic rings. The van der Waals surface area contributed by atoms with Crippen molar-refractivity contribution in [2.75, 3.05) is 11.9 Å². The van der Waals surface area contributed by atoms with Gasteiger partial charge in [-0.15, -0.1) is 0 Å². The van der Waals surface area contributed by atoms with E-state index in [-0.39, 0.29) is 5.91 Å². The SMILES string of the molecule is CCOc1ccc(-c2nc(-c3cccc(NC(=O)c4ccncc4)c3)no2)cc1. The number of nitrogens with one attached hydrogen (secondary N) is 1. The quantitative estimate of drug-likeness (QED) is 0.526. The predicted molar refractivity (Wildman–Crippen MR) is 109 cm³/mol. The summed E-state index contributed by atoms with van der Waals surface area (Å²) >= 11 is 0. The lowest BCUT2D eigenvalue weighted by molar-refractivity contribution is 0.102. The normalized spacial score (nSPS) is 10.5. The Morgan fingerprint density at radius 3 is 2.59 bits per heavy atom. The number of rotatable bonds is 6. The number of nitrogens with zero attached hydrogens (tertiary/aromatic N) is 3. The van der Waals surface area contributed by atoms with Crippen molar-refractivity contribution >= 4 is 11.6 Å². The Kier molecular flexibility index (Phi) is 5.29. The van der Waals surface area contributed by atoms with Crippen LogP contribution < -0.4 is 10.1 Å². The van der Waals surface area contributed by atoms with E-state index in [2.05, 4.69) is 20.4 Å². The van der Waals surface area contributed by atoms with Gasteiger partial charge in [0, 0.05) is 34.8 Å². The molecule has 0 spiro atoms. The lowest BCUT2D eigenvalue weighted by atomic mass is 10.1. The molecule has 0 unspecified atom stereocenters. The number of hydrogen-bond donors (Lipinski definition) is 1. The highest BCUT2D eigenvalue weighted by molar-refractivity contribution is 6.04. The van der Waals surface area contributed by atoms with Crippen LogP contribution >= 0.6 is 0 Å². The molecule has 1 N–H and O–H groups in total. The van der Waals surface area contributed by atoms with Gasteiger partial charge in [0.25, 0.3) is 11.8 Å². The fourth-order valence-corrected chi connectivity index (χ4v) is 2.76. The minimum atomic E-state index is -0.215. The molecule has 0 radical (unpaired) electrons. The van der Waals surface area contributed by atoms with Gasteiger partial charge in [0.15, 0.2) is 0 Å². The first-order valence-electron chi connectivity index (χ1n) is 9.11. The maximum absolute atomic E-state index is 12.3. The fourth-order valence-electron chi connectivity index (χ4n) is 2.76. The molecule has 1 amide bonds.